The summed E-state index contributed by atoms with van der Waals surface area (Å²) in [5.41, 5.74) is 2.99. The smallest absolute Gasteiger partial charge is 0.320 e. The molecule has 1 aliphatic carbocycles. The summed E-state index contributed by atoms with van der Waals surface area (Å²) in [6, 6.07) is 16.7. The summed E-state index contributed by atoms with van der Waals surface area (Å²) in [7, 11) is 0. The van der Waals surface area contributed by atoms with Gasteiger partial charge in [0.1, 0.15) is 11.9 Å². The van der Waals surface area contributed by atoms with Crippen molar-refractivity contribution in [2.24, 2.45) is 17.8 Å². The minimum absolute atomic E-state index is 0.158. The molecule has 0 aromatic heterocycles. The van der Waals surface area contributed by atoms with Gasteiger partial charge < -0.3 is 10.0 Å². The van der Waals surface area contributed by atoms with Gasteiger partial charge in [0, 0.05) is 25.6 Å². The third-order valence-electron chi connectivity index (χ3n) is 9.59. The highest BCUT2D eigenvalue weighted by atomic mass is 19.1. The highest BCUT2D eigenvalue weighted by Gasteiger charge is 2.41. The lowest BCUT2D eigenvalue weighted by Gasteiger charge is -2.35. The Hall–Kier alpha value is -2.75. The van der Waals surface area contributed by atoms with Gasteiger partial charge in [-0.15, -0.1) is 0 Å². The standard InChI is InChI=1S/C33H42FN3O2/c34-30-12-4-11-28(19-30)31-23-37(32(33(38)39)18-26-8-2-9-26)22-29(31)21-36-15-13-24(14-16-36)5-1-6-25-7-3-10-27(17-25)20-35/h3-4,7,10-12,17,19,24,26,29,31-32H,1-2,5-6,8-9,13-16,18,21-23H2,(H,38,39)/t29-,31+,32+/m0/s1. The minimum Gasteiger partial charge on any atom is -0.480 e. The van der Waals surface area contributed by atoms with Crippen molar-refractivity contribution >= 4 is 5.97 Å². The second-order valence-corrected chi connectivity index (χ2v) is 12.2. The number of aliphatic carboxylic acids is 1. The molecule has 2 heterocycles. The number of carboxylic acids is 1. The second-order valence-electron chi connectivity index (χ2n) is 12.2. The third-order valence-corrected chi connectivity index (χ3v) is 9.59. The number of hydrogen-bond donors (Lipinski definition) is 1. The number of rotatable bonds is 11. The zero-order chi connectivity index (χ0) is 27.2. The Morgan fingerprint density at radius 3 is 2.54 bits per heavy atom. The summed E-state index contributed by atoms with van der Waals surface area (Å²) >= 11 is 0. The normalized spacial score (nSPS) is 23.8. The lowest BCUT2D eigenvalue weighted by Crippen LogP contribution is -2.43. The maximum absolute atomic E-state index is 14.2. The lowest BCUT2D eigenvalue weighted by molar-refractivity contribution is -0.144. The van der Waals surface area contributed by atoms with Gasteiger partial charge in [0.25, 0.3) is 0 Å². The van der Waals surface area contributed by atoms with E-state index in [9.17, 15) is 14.3 Å². The first kappa shape index (κ1) is 27.8. The van der Waals surface area contributed by atoms with E-state index in [2.05, 4.69) is 21.9 Å². The zero-order valence-electron chi connectivity index (χ0n) is 23.0. The number of benzene rings is 2. The van der Waals surface area contributed by atoms with Crippen molar-refractivity contribution in [3.05, 3.63) is 71.0 Å². The first-order chi connectivity index (χ1) is 19.0. The van der Waals surface area contributed by atoms with Gasteiger partial charge in [-0.3, -0.25) is 9.69 Å². The number of halogens is 1. The van der Waals surface area contributed by atoms with Gasteiger partial charge in [-0.2, -0.15) is 5.26 Å². The second kappa shape index (κ2) is 13.1. The van der Waals surface area contributed by atoms with Crippen LogP contribution < -0.4 is 0 Å². The average Bonchev–Trinajstić information content (AvgIpc) is 3.32. The molecule has 2 aromatic rings. The summed E-state index contributed by atoms with van der Waals surface area (Å²) < 4.78 is 14.2. The Morgan fingerprint density at radius 1 is 1.05 bits per heavy atom. The summed E-state index contributed by atoms with van der Waals surface area (Å²) in [5.74, 6) is 0.810. The van der Waals surface area contributed by atoms with Gasteiger partial charge in [0.2, 0.25) is 0 Å². The van der Waals surface area contributed by atoms with Crippen LogP contribution in [0.3, 0.4) is 0 Å². The summed E-state index contributed by atoms with van der Waals surface area (Å²) in [6.45, 7) is 4.56. The number of carbonyl (C=O) groups is 1. The van der Waals surface area contributed by atoms with E-state index < -0.39 is 12.0 Å². The van der Waals surface area contributed by atoms with Crippen LogP contribution in [0.15, 0.2) is 48.5 Å². The van der Waals surface area contributed by atoms with E-state index in [1.807, 2.05) is 24.3 Å². The Labute approximate surface area is 232 Å². The molecule has 6 heteroatoms. The lowest BCUT2D eigenvalue weighted by atomic mass is 9.80. The fraction of sp³-hybridized carbons (Fsp3) is 0.576. The van der Waals surface area contributed by atoms with Crippen molar-refractivity contribution in [1.29, 1.82) is 5.26 Å². The van der Waals surface area contributed by atoms with E-state index in [0.29, 0.717) is 18.4 Å². The molecular weight excluding hydrogens is 489 g/mol. The molecule has 1 saturated carbocycles. The molecule has 0 amide bonds. The van der Waals surface area contributed by atoms with Crippen molar-refractivity contribution in [2.45, 2.75) is 69.7 Å². The maximum atomic E-state index is 14.2. The van der Waals surface area contributed by atoms with Crippen molar-refractivity contribution in [2.75, 3.05) is 32.7 Å². The van der Waals surface area contributed by atoms with Crippen LogP contribution in [0.1, 0.15) is 74.0 Å². The third kappa shape index (κ3) is 7.26. The highest BCUT2D eigenvalue weighted by molar-refractivity contribution is 5.73. The fourth-order valence-corrected chi connectivity index (χ4v) is 7.09. The number of piperidine rings is 1. The van der Waals surface area contributed by atoms with Gasteiger partial charge in [0.15, 0.2) is 0 Å². The van der Waals surface area contributed by atoms with E-state index in [-0.39, 0.29) is 11.7 Å². The Balaban J connectivity index is 1.16. The van der Waals surface area contributed by atoms with Crippen molar-refractivity contribution < 1.29 is 14.3 Å². The van der Waals surface area contributed by atoms with Crippen molar-refractivity contribution in [3.63, 3.8) is 0 Å². The van der Waals surface area contributed by atoms with E-state index in [0.717, 1.165) is 75.3 Å². The monoisotopic (exact) mass is 531 g/mol. The number of nitrogens with zero attached hydrogens (tertiary/aromatic N) is 3. The van der Waals surface area contributed by atoms with Gasteiger partial charge in [-0.25, -0.2) is 4.39 Å². The maximum Gasteiger partial charge on any atom is 0.320 e. The molecule has 3 atom stereocenters. The Bertz CT molecular complexity index is 1150. The van der Waals surface area contributed by atoms with Crippen LogP contribution in [0.5, 0.6) is 0 Å². The van der Waals surface area contributed by atoms with Crippen LogP contribution >= 0.6 is 0 Å². The van der Waals surface area contributed by atoms with E-state index >= 15 is 0 Å². The predicted octanol–water partition coefficient (Wildman–Crippen LogP) is 6.09. The largest absolute Gasteiger partial charge is 0.480 e. The van der Waals surface area contributed by atoms with Gasteiger partial charge in [0.05, 0.1) is 11.6 Å². The van der Waals surface area contributed by atoms with Gasteiger partial charge >= 0.3 is 5.97 Å². The van der Waals surface area contributed by atoms with Gasteiger partial charge in [-0.05, 0) is 98.3 Å². The molecule has 3 fully saturated rings. The number of nitriles is 1. The molecule has 0 unspecified atom stereocenters. The number of hydrogen-bond acceptors (Lipinski definition) is 4. The number of likely N-dealkylation sites (tertiary alicyclic amines) is 2. The molecular formula is C33H42FN3O2. The topological polar surface area (TPSA) is 67.6 Å². The number of carboxylic acid groups (broad SMARTS) is 1. The van der Waals surface area contributed by atoms with Crippen LogP contribution in [0.4, 0.5) is 4.39 Å². The fourth-order valence-electron chi connectivity index (χ4n) is 7.09. The van der Waals surface area contributed by atoms with E-state index in [4.69, 9.17) is 5.26 Å². The molecule has 2 aromatic carbocycles. The SMILES string of the molecule is N#Cc1cccc(CCCC2CCN(C[C@H]3CN([C@H](CC4CCC4)C(=O)O)C[C@@H]3c3cccc(F)c3)CC2)c1. The minimum atomic E-state index is -0.708. The van der Waals surface area contributed by atoms with Crippen LogP contribution in [-0.2, 0) is 11.2 Å². The van der Waals surface area contributed by atoms with Crippen LogP contribution in [-0.4, -0.2) is 59.6 Å². The Kier molecular flexibility index (Phi) is 9.32. The Morgan fingerprint density at radius 2 is 1.85 bits per heavy atom. The first-order valence-corrected chi connectivity index (χ1v) is 14.9. The van der Waals surface area contributed by atoms with Crippen LogP contribution in [0.2, 0.25) is 0 Å². The number of aryl methyl sites for hydroxylation is 1. The van der Waals surface area contributed by atoms with Crippen molar-refractivity contribution in [3.8, 4) is 6.07 Å². The molecule has 0 radical (unpaired) electrons. The van der Waals surface area contributed by atoms with E-state index in [1.54, 1.807) is 12.1 Å². The highest BCUT2D eigenvalue weighted by Crippen LogP contribution is 2.38. The molecule has 39 heavy (non-hydrogen) atoms. The molecule has 2 aliphatic heterocycles. The summed E-state index contributed by atoms with van der Waals surface area (Å²) in [5, 5.41) is 19.2. The summed E-state index contributed by atoms with van der Waals surface area (Å²) in [4.78, 5) is 17.0. The average molecular weight is 532 g/mol. The van der Waals surface area contributed by atoms with Crippen LogP contribution in [0.25, 0.3) is 0 Å². The molecule has 2 saturated heterocycles. The molecule has 5 nitrogen and oxygen atoms in total. The molecule has 5 rings (SSSR count). The predicted molar refractivity (Wildman–Crippen MR) is 151 cm³/mol. The molecule has 208 valence electrons. The van der Waals surface area contributed by atoms with Crippen molar-refractivity contribution in [1.82, 2.24) is 9.80 Å². The summed E-state index contributed by atoms with van der Waals surface area (Å²) in [6.07, 6.45) is 10.0. The zero-order valence-corrected chi connectivity index (χ0v) is 23.0. The van der Waals surface area contributed by atoms with E-state index in [1.165, 1.54) is 37.3 Å². The molecule has 1 N–H and O–H groups in total. The molecule has 0 spiro atoms. The van der Waals surface area contributed by atoms with Gasteiger partial charge in [-0.1, -0.05) is 49.9 Å². The quantitative estimate of drug-likeness (QED) is 0.380. The molecule has 3 aliphatic rings. The first-order valence-electron chi connectivity index (χ1n) is 14.9. The molecule has 0 bridgehead atoms. The van der Waals surface area contributed by atoms with Crippen LogP contribution in [0, 0.1) is 34.9 Å².